The van der Waals surface area contributed by atoms with Gasteiger partial charge in [-0.2, -0.15) is 0 Å². The summed E-state index contributed by atoms with van der Waals surface area (Å²) in [4.78, 5) is 12.1. The molecule has 1 amide bonds. The molecule has 0 radical (unpaired) electrons. The first-order chi connectivity index (χ1) is 8.56. The van der Waals surface area contributed by atoms with E-state index in [1.165, 1.54) is 12.8 Å². The van der Waals surface area contributed by atoms with Crippen molar-refractivity contribution in [1.82, 2.24) is 5.32 Å². The van der Waals surface area contributed by atoms with Crippen molar-refractivity contribution >= 4 is 17.5 Å². The fourth-order valence-corrected chi connectivity index (χ4v) is 2.84. The second kappa shape index (κ2) is 5.75. The molecule has 1 aromatic carbocycles. The van der Waals surface area contributed by atoms with Crippen molar-refractivity contribution in [3.8, 4) is 0 Å². The zero-order valence-corrected chi connectivity index (χ0v) is 11.8. The van der Waals surface area contributed by atoms with Crippen LogP contribution in [0, 0.1) is 13.8 Å². The largest absolute Gasteiger partial charge is 0.352 e. The zero-order valence-electron chi connectivity index (χ0n) is 11.0. The summed E-state index contributed by atoms with van der Waals surface area (Å²) < 4.78 is 0. The maximum absolute atomic E-state index is 12.1. The van der Waals surface area contributed by atoms with E-state index in [1.54, 1.807) is 0 Å². The van der Waals surface area contributed by atoms with E-state index < -0.39 is 5.38 Å². The van der Waals surface area contributed by atoms with Crippen LogP contribution in [0.3, 0.4) is 0 Å². The van der Waals surface area contributed by atoms with Crippen molar-refractivity contribution < 1.29 is 4.79 Å². The molecule has 1 aromatic rings. The number of alkyl halides is 1. The number of halogens is 1. The van der Waals surface area contributed by atoms with Crippen molar-refractivity contribution in [2.24, 2.45) is 0 Å². The molecule has 3 heteroatoms. The topological polar surface area (TPSA) is 29.1 Å². The monoisotopic (exact) mass is 265 g/mol. The average molecular weight is 266 g/mol. The lowest BCUT2D eigenvalue weighted by atomic mass is 10.0. The number of amides is 1. The predicted molar refractivity (Wildman–Crippen MR) is 74.9 cm³/mol. The highest BCUT2D eigenvalue weighted by Gasteiger charge is 2.23. The van der Waals surface area contributed by atoms with Gasteiger partial charge in [-0.3, -0.25) is 4.79 Å². The van der Waals surface area contributed by atoms with E-state index in [0.29, 0.717) is 6.04 Å². The highest BCUT2D eigenvalue weighted by atomic mass is 35.5. The summed E-state index contributed by atoms with van der Waals surface area (Å²) in [6, 6.07) is 6.38. The molecule has 1 atom stereocenters. The number of benzene rings is 1. The minimum Gasteiger partial charge on any atom is -0.352 e. The van der Waals surface area contributed by atoms with E-state index in [1.807, 2.05) is 26.0 Å². The molecular weight excluding hydrogens is 246 g/mol. The number of hydrogen-bond donors (Lipinski definition) is 1. The van der Waals surface area contributed by atoms with Crippen LogP contribution < -0.4 is 5.32 Å². The Morgan fingerprint density at radius 3 is 2.33 bits per heavy atom. The smallest absolute Gasteiger partial charge is 0.242 e. The van der Waals surface area contributed by atoms with E-state index in [2.05, 4.69) is 11.4 Å². The molecule has 0 aliphatic heterocycles. The average Bonchev–Trinajstić information content (AvgIpc) is 2.79. The van der Waals surface area contributed by atoms with Crippen LogP contribution in [-0.2, 0) is 4.79 Å². The van der Waals surface area contributed by atoms with E-state index in [0.717, 1.165) is 29.5 Å². The van der Waals surface area contributed by atoms with E-state index in [4.69, 9.17) is 11.6 Å². The van der Waals surface area contributed by atoms with Crippen LogP contribution in [0.15, 0.2) is 18.2 Å². The Balaban J connectivity index is 2.04. The molecule has 0 saturated heterocycles. The first-order valence-corrected chi connectivity index (χ1v) is 7.02. The summed E-state index contributed by atoms with van der Waals surface area (Å²) in [6.07, 6.45) is 4.59. The number of rotatable bonds is 3. The van der Waals surface area contributed by atoms with Gasteiger partial charge in [0.15, 0.2) is 0 Å². The van der Waals surface area contributed by atoms with Gasteiger partial charge in [0.25, 0.3) is 0 Å². The molecule has 18 heavy (non-hydrogen) atoms. The minimum absolute atomic E-state index is 0.0615. The lowest BCUT2D eigenvalue weighted by Crippen LogP contribution is -2.34. The summed E-state index contributed by atoms with van der Waals surface area (Å²) >= 11 is 6.27. The van der Waals surface area contributed by atoms with Gasteiger partial charge in [-0.15, -0.1) is 11.6 Å². The molecule has 0 heterocycles. The van der Waals surface area contributed by atoms with Crippen LogP contribution in [0.2, 0.25) is 0 Å². The molecule has 0 spiro atoms. The predicted octanol–water partition coefficient (Wildman–Crippen LogP) is 3.64. The van der Waals surface area contributed by atoms with Crippen molar-refractivity contribution in [1.29, 1.82) is 0 Å². The van der Waals surface area contributed by atoms with Gasteiger partial charge in [-0.05, 0) is 32.3 Å². The quantitative estimate of drug-likeness (QED) is 0.831. The third kappa shape index (κ3) is 3.26. The third-order valence-electron chi connectivity index (χ3n) is 3.47. The van der Waals surface area contributed by atoms with E-state index in [9.17, 15) is 4.79 Å². The Bertz CT molecular complexity index is 418. The third-order valence-corrected chi connectivity index (χ3v) is 3.92. The minimum atomic E-state index is -0.579. The molecule has 2 rings (SSSR count). The molecule has 1 saturated carbocycles. The number of carbonyl (C=O) groups excluding carboxylic acids is 1. The first kappa shape index (κ1) is 13.4. The normalized spacial score (nSPS) is 17.7. The van der Waals surface area contributed by atoms with Gasteiger partial charge < -0.3 is 5.32 Å². The Hall–Kier alpha value is -1.02. The Labute approximate surface area is 114 Å². The summed E-state index contributed by atoms with van der Waals surface area (Å²) in [6.45, 7) is 4.05. The van der Waals surface area contributed by atoms with Gasteiger partial charge in [0.1, 0.15) is 5.38 Å². The zero-order chi connectivity index (χ0) is 13.1. The molecule has 0 bridgehead atoms. The molecule has 1 unspecified atom stereocenters. The Morgan fingerprint density at radius 2 is 1.78 bits per heavy atom. The first-order valence-electron chi connectivity index (χ1n) is 6.59. The highest BCUT2D eigenvalue weighted by molar-refractivity contribution is 6.30. The molecule has 98 valence electrons. The van der Waals surface area contributed by atoms with Crippen LogP contribution in [0.1, 0.15) is 47.8 Å². The van der Waals surface area contributed by atoms with Crippen molar-refractivity contribution in [3.05, 3.63) is 34.9 Å². The number of carbonyl (C=O) groups is 1. The lowest BCUT2D eigenvalue weighted by molar-refractivity contribution is -0.121. The SMILES string of the molecule is Cc1cc(C)cc(C(Cl)C(=O)NC2CCCC2)c1. The molecule has 1 N–H and O–H groups in total. The van der Waals surface area contributed by atoms with Crippen molar-refractivity contribution in [3.63, 3.8) is 0 Å². The Kier molecular flexibility index (Phi) is 4.28. The van der Waals surface area contributed by atoms with Gasteiger partial charge in [-0.1, -0.05) is 42.2 Å². The molecule has 1 aliphatic rings. The van der Waals surface area contributed by atoms with Gasteiger partial charge >= 0.3 is 0 Å². The Morgan fingerprint density at radius 1 is 1.22 bits per heavy atom. The van der Waals surface area contributed by atoms with Gasteiger partial charge in [0, 0.05) is 6.04 Å². The number of hydrogen-bond acceptors (Lipinski definition) is 1. The fourth-order valence-electron chi connectivity index (χ4n) is 2.65. The summed E-state index contributed by atoms with van der Waals surface area (Å²) in [5.41, 5.74) is 3.18. The molecule has 2 nitrogen and oxygen atoms in total. The molecule has 1 aliphatic carbocycles. The van der Waals surface area contributed by atoms with Crippen molar-refractivity contribution in [2.45, 2.75) is 50.9 Å². The summed E-state index contributed by atoms with van der Waals surface area (Å²) in [5.74, 6) is -0.0615. The van der Waals surface area contributed by atoms with Crippen LogP contribution >= 0.6 is 11.6 Å². The van der Waals surface area contributed by atoms with E-state index in [-0.39, 0.29) is 5.91 Å². The standard InChI is InChI=1S/C15H20ClNO/c1-10-7-11(2)9-12(8-10)14(16)15(18)17-13-5-3-4-6-13/h7-9,13-14H,3-6H2,1-2H3,(H,17,18). The summed E-state index contributed by atoms with van der Waals surface area (Å²) in [5, 5.41) is 2.47. The van der Waals surface area contributed by atoms with E-state index >= 15 is 0 Å². The van der Waals surface area contributed by atoms with Gasteiger partial charge in [0.2, 0.25) is 5.91 Å². The highest BCUT2D eigenvalue weighted by Crippen LogP contribution is 2.25. The van der Waals surface area contributed by atoms with Crippen LogP contribution in [0.5, 0.6) is 0 Å². The van der Waals surface area contributed by atoms with Crippen LogP contribution in [0.4, 0.5) is 0 Å². The fraction of sp³-hybridized carbons (Fsp3) is 0.533. The molecule has 0 aromatic heterocycles. The van der Waals surface area contributed by atoms with Gasteiger partial charge in [-0.25, -0.2) is 0 Å². The maximum atomic E-state index is 12.1. The van der Waals surface area contributed by atoms with Crippen molar-refractivity contribution in [2.75, 3.05) is 0 Å². The second-order valence-corrected chi connectivity index (χ2v) is 5.71. The second-order valence-electron chi connectivity index (χ2n) is 5.27. The maximum Gasteiger partial charge on any atom is 0.242 e. The molecular formula is C15H20ClNO. The molecule has 1 fully saturated rings. The van der Waals surface area contributed by atoms with Gasteiger partial charge in [0.05, 0.1) is 0 Å². The van der Waals surface area contributed by atoms with Crippen LogP contribution in [-0.4, -0.2) is 11.9 Å². The summed E-state index contributed by atoms with van der Waals surface area (Å²) in [7, 11) is 0. The van der Waals surface area contributed by atoms with Crippen LogP contribution in [0.25, 0.3) is 0 Å². The lowest BCUT2D eigenvalue weighted by Gasteiger charge is -2.16. The number of nitrogens with one attached hydrogen (secondary N) is 1. The number of aryl methyl sites for hydroxylation is 2.